The molecule has 1 aromatic heterocycles. The van der Waals surface area contributed by atoms with Gasteiger partial charge in [-0.3, -0.25) is 9.78 Å². The Bertz CT molecular complexity index is 296. The number of hydrogen-bond donors (Lipinski definition) is 1. The van der Waals surface area contributed by atoms with E-state index < -0.39 is 0 Å². The maximum Gasteiger partial charge on any atom is 0.224 e. The minimum Gasteiger partial charge on any atom is -0.352 e. The van der Waals surface area contributed by atoms with E-state index in [4.69, 9.17) is 0 Å². The van der Waals surface area contributed by atoms with E-state index in [1.54, 1.807) is 18.8 Å². The van der Waals surface area contributed by atoms with Crippen molar-refractivity contribution >= 4 is 5.91 Å². The van der Waals surface area contributed by atoms with Gasteiger partial charge in [0.25, 0.3) is 0 Å². The third-order valence-electron chi connectivity index (χ3n) is 1.96. The van der Waals surface area contributed by atoms with Crippen molar-refractivity contribution in [1.82, 2.24) is 10.3 Å². The van der Waals surface area contributed by atoms with Gasteiger partial charge in [-0.2, -0.15) is 0 Å². The lowest BCUT2D eigenvalue weighted by molar-refractivity contribution is -0.118. The standard InChI is InChI=1S/C12H17N2O/c1-10(2)5-6-12(15)14-9-11-4-3-7-13-8-11/h3-4,6-8,10H,5,9H2,1-2H3,(H,14,15). The summed E-state index contributed by atoms with van der Waals surface area (Å²) < 4.78 is 0. The van der Waals surface area contributed by atoms with Crippen molar-refractivity contribution < 1.29 is 4.79 Å². The number of nitrogens with zero attached hydrogens (tertiary/aromatic N) is 1. The van der Waals surface area contributed by atoms with E-state index in [0.29, 0.717) is 12.5 Å². The zero-order valence-electron chi connectivity index (χ0n) is 9.23. The van der Waals surface area contributed by atoms with Crippen LogP contribution in [0.1, 0.15) is 25.8 Å². The highest BCUT2D eigenvalue weighted by Crippen LogP contribution is 2.02. The molecule has 15 heavy (non-hydrogen) atoms. The van der Waals surface area contributed by atoms with E-state index in [2.05, 4.69) is 24.1 Å². The first kappa shape index (κ1) is 11.7. The highest BCUT2D eigenvalue weighted by molar-refractivity contribution is 5.84. The third kappa shape index (κ3) is 5.15. The van der Waals surface area contributed by atoms with Gasteiger partial charge in [0.2, 0.25) is 5.91 Å². The topological polar surface area (TPSA) is 42.0 Å². The van der Waals surface area contributed by atoms with Gasteiger partial charge in [0.05, 0.1) is 0 Å². The molecule has 1 heterocycles. The van der Waals surface area contributed by atoms with Crippen LogP contribution in [0.5, 0.6) is 0 Å². The highest BCUT2D eigenvalue weighted by atomic mass is 16.1. The largest absolute Gasteiger partial charge is 0.352 e. The molecule has 3 heteroatoms. The summed E-state index contributed by atoms with van der Waals surface area (Å²) in [6.07, 6.45) is 5.98. The lowest BCUT2D eigenvalue weighted by Crippen LogP contribution is -2.23. The van der Waals surface area contributed by atoms with Crippen molar-refractivity contribution in [3.05, 3.63) is 36.5 Å². The average Bonchev–Trinajstić information content (AvgIpc) is 2.25. The molecule has 0 saturated carbocycles. The summed E-state index contributed by atoms with van der Waals surface area (Å²) in [5, 5.41) is 2.82. The first-order valence-corrected chi connectivity index (χ1v) is 5.18. The molecule has 0 aliphatic heterocycles. The molecule has 1 aromatic rings. The van der Waals surface area contributed by atoms with Crippen LogP contribution in [0.2, 0.25) is 0 Å². The molecule has 0 saturated heterocycles. The molecule has 0 unspecified atom stereocenters. The molecule has 1 N–H and O–H groups in total. The van der Waals surface area contributed by atoms with Gasteiger partial charge < -0.3 is 5.32 Å². The summed E-state index contributed by atoms with van der Waals surface area (Å²) in [4.78, 5) is 15.3. The molecule has 1 amide bonds. The quantitative estimate of drug-likeness (QED) is 0.798. The monoisotopic (exact) mass is 205 g/mol. The van der Waals surface area contributed by atoms with E-state index in [9.17, 15) is 4.79 Å². The molecule has 0 spiro atoms. The number of amides is 1. The van der Waals surface area contributed by atoms with Crippen LogP contribution in [0.25, 0.3) is 0 Å². The van der Waals surface area contributed by atoms with Crippen LogP contribution in [0.15, 0.2) is 24.5 Å². The smallest absolute Gasteiger partial charge is 0.224 e. The van der Waals surface area contributed by atoms with Crippen LogP contribution in [-0.4, -0.2) is 10.9 Å². The predicted molar refractivity (Wildman–Crippen MR) is 59.8 cm³/mol. The fourth-order valence-electron chi connectivity index (χ4n) is 1.11. The second-order valence-electron chi connectivity index (χ2n) is 3.91. The number of carbonyl (C=O) groups is 1. The Labute approximate surface area is 90.9 Å². The summed E-state index contributed by atoms with van der Waals surface area (Å²) in [7, 11) is 0. The fourth-order valence-corrected chi connectivity index (χ4v) is 1.11. The van der Waals surface area contributed by atoms with Gasteiger partial charge in [0.1, 0.15) is 0 Å². The zero-order valence-corrected chi connectivity index (χ0v) is 9.23. The second kappa shape index (κ2) is 6.17. The summed E-state index contributed by atoms with van der Waals surface area (Å²) in [5.74, 6) is 0.515. The van der Waals surface area contributed by atoms with Crippen LogP contribution in [0.3, 0.4) is 0 Å². The normalized spacial score (nSPS) is 10.3. The van der Waals surface area contributed by atoms with Gasteiger partial charge in [0, 0.05) is 25.4 Å². The lowest BCUT2D eigenvalue weighted by atomic mass is 10.1. The van der Waals surface area contributed by atoms with E-state index in [1.807, 2.05) is 12.1 Å². The van der Waals surface area contributed by atoms with Crippen molar-refractivity contribution in [2.75, 3.05) is 0 Å². The number of hydrogen-bond acceptors (Lipinski definition) is 2. The van der Waals surface area contributed by atoms with Gasteiger partial charge in [-0.15, -0.1) is 0 Å². The average molecular weight is 205 g/mol. The molecule has 3 nitrogen and oxygen atoms in total. The summed E-state index contributed by atoms with van der Waals surface area (Å²) >= 11 is 0. The molecular formula is C12H17N2O. The van der Waals surface area contributed by atoms with E-state index >= 15 is 0 Å². The van der Waals surface area contributed by atoms with Crippen LogP contribution in [0.4, 0.5) is 0 Å². The molecule has 0 atom stereocenters. The minimum absolute atomic E-state index is 0.00690. The summed E-state index contributed by atoms with van der Waals surface area (Å²) in [6, 6.07) is 3.80. The SMILES string of the molecule is CC(C)C[CH]C(=O)NCc1cccnc1. The molecular weight excluding hydrogens is 188 g/mol. The number of aromatic nitrogens is 1. The van der Waals surface area contributed by atoms with Crippen LogP contribution < -0.4 is 5.32 Å². The first-order valence-electron chi connectivity index (χ1n) is 5.18. The second-order valence-corrected chi connectivity index (χ2v) is 3.91. The van der Waals surface area contributed by atoms with Gasteiger partial charge >= 0.3 is 0 Å². The molecule has 0 fully saturated rings. The van der Waals surface area contributed by atoms with E-state index in [1.165, 1.54) is 0 Å². The molecule has 81 valence electrons. The van der Waals surface area contributed by atoms with Gasteiger partial charge in [-0.25, -0.2) is 0 Å². The molecule has 0 bridgehead atoms. The van der Waals surface area contributed by atoms with Crippen molar-refractivity contribution in [2.24, 2.45) is 5.92 Å². The van der Waals surface area contributed by atoms with Crippen LogP contribution in [0, 0.1) is 12.3 Å². The van der Waals surface area contributed by atoms with Crippen molar-refractivity contribution in [3.8, 4) is 0 Å². The summed E-state index contributed by atoms with van der Waals surface area (Å²) in [6.45, 7) is 4.72. The number of rotatable bonds is 5. The highest BCUT2D eigenvalue weighted by Gasteiger charge is 2.03. The minimum atomic E-state index is -0.00690. The van der Waals surface area contributed by atoms with Crippen LogP contribution in [-0.2, 0) is 11.3 Å². The van der Waals surface area contributed by atoms with Crippen molar-refractivity contribution in [3.63, 3.8) is 0 Å². The number of pyridine rings is 1. The molecule has 0 aliphatic rings. The third-order valence-corrected chi connectivity index (χ3v) is 1.96. The molecule has 0 aliphatic carbocycles. The Hall–Kier alpha value is -1.38. The fraction of sp³-hybridized carbons (Fsp3) is 0.417. The van der Waals surface area contributed by atoms with E-state index in [0.717, 1.165) is 12.0 Å². The number of carbonyl (C=O) groups excluding carboxylic acids is 1. The molecule has 1 radical (unpaired) electrons. The zero-order chi connectivity index (χ0) is 11.1. The van der Waals surface area contributed by atoms with Crippen molar-refractivity contribution in [1.29, 1.82) is 0 Å². The van der Waals surface area contributed by atoms with E-state index in [-0.39, 0.29) is 5.91 Å². The Morgan fingerprint density at radius 1 is 1.60 bits per heavy atom. The Balaban J connectivity index is 2.23. The molecule has 1 rings (SSSR count). The Morgan fingerprint density at radius 3 is 3.00 bits per heavy atom. The number of nitrogens with one attached hydrogen (secondary N) is 1. The molecule has 0 aromatic carbocycles. The lowest BCUT2D eigenvalue weighted by Gasteiger charge is -2.05. The Morgan fingerprint density at radius 2 is 2.40 bits per heavy atom. The predicted octanol–water partition coefficient (Wildman–Crippen LogP) is 1.95. The van der Waals surface area contributed by atoms with Gasteiger partial charge in [-0.05, 0) is 24.0 Å². The Kier molecular flexibility index (Phi) is 4.81. The maximum atomic E-state index is 11.3. The summed E-state index contributed by atoms with van der Waals surface area (Å²) in [5.41, 5.74) is 1.02. The van der Waals surface area contributed by atoms with Gasteiger partial charge in [-0.1, -0.05) is 19.9 Å². The van der Waals surface area contributed by atoms with Crippen molar-refractivity contribution in [2.45, 2.75) is 26.8 Å². The van der Waals surface area contributed by atoms with Gasteiger partial charge in [0.15, 0.2) is 0 Å². The van der Waals surface area contributed by atoms with Crippen LogP contribution >= 0.6 is 0 Å². The maximum absolute atomic E-state index is 11.3. The first-order chi connectivity index (χ1) is 7.18.